The Kier molecular flexibility index (Phi) is 4.73. The third-order valence-electron chi connectivity index (χ3n) is 2.61. The molecule has 2 heterocycles. The van der Waals surface area contributed by atoms with Crippen molar-refractivity contribution < 1.29 is 14.4 Å². The minimum Gasteiger partial charge on any atom is -0.478 e. The Hall–Kier alpha value is -2.16. The first kappa shape index (κ1) is 15.2. The van der Waals surface area contributed by atoms with Crippen molar-refractivity contribution in [2.45, 2.75) is 37.5 Å². The molecule has 8 nitrogen and oxygen atoms in total. The highest BCUT2D eigenvalue weighted by Crippen LogP contribution is 2.23. The molecule has 0 amide bonds. The predicted octanol–water partition coefficient (Wildman–Crippen LogP) is 1.40. The molecule has 0 aromatic carbocycles. The van der Waals surface area contributed by atoms with Crippen LogP contribution in [0, 0.1) is 6.92 Å². The number of rotatable bonds is 6. The molecule has 0 saturated heterocycles. The smallest absolute Gasteiger partial charge is 0.346 e. The fourth-order valence-electron chi connectivity index (χ4n) is 1.71. The Morgan fingerprint density at radius 1 is 1.43 bits per heavy atom. The largest absolute Gasteiger partial charge is 0.478 e. The molecule has 0 saturated carbocycles. The topological polar surface area (TPSA) is 122 Å². The van der Waals surface area contributed by atoms with Gasteiger partial charge in [-0.1, -0.05) is 23.8 Å². The van der Waals surface area contributed by atoms with E-state index in [0.717, 1.165) is 18.2 Å². The molecule has 0 radical (unpaired) electrons. The van der Waals surface area contributed by atoms with Gasteiger partial charge in [0, 0.05) is 12.1 Å². The van der Waals surface area contributed by atoms with Gasteiger partial charge in [0.1, 0.15) is 10.6 Å². The maximum absolute atomic E-state index is 11.4. The molecule has 0 atom stereocenters. The number of nitrogens with one attached hydrogen (secondary N) is 1. The lowest BCUT2D eigenvalue weighted by molar-refractivity contribution is 0.0690. The lowest BCUT2D eigenvalue weighted by Gasteiger charge is -2.05. The molecule has 0 aliphatic heterocycles. The standard InChI is InChI=1S/C12H14N4O4S/c1-3-4-8-14-7(16-20-8)5-21-10-9(11(17)18)6(2)13-12(19)15-10/h3-5H2,1-2H3,(H,17,18)(H,13,15,19). The molecular formula is C12H14N4O4S. The Balaban J connectivity index is 2.19. The lowest BCUT2D eigenvalue weighted by atomic mass is 10.2. The average Bonchev–Trinajstić information content (AvgIpc) is 2.83. The molecule has 2 rings (SSSR count). The molecule has 21 heavy (non-hydrogen) atoms. The fourth-order valence-corrected chi connectivity index (χ4v) is 2.63. The van der Waals surface area contributed by atoms with E-state index in [4.69, 9.17) is 4.52 Å². The van der Waals surface area contributed by atoms with Crippen LogP contribution in [0.5, 0.6) is 0 Å². The average molecular weight is 310 g/mol. The Labute approximate surface area is 124 Å². The van der Waals surface area contributed by atoms with Crippen LogP contribution in [0.15, 0.2) is 14.3 Å². The summed E-state index contributed by atoms with van der Waals surface area (Å²) in [6.07, 6.45) is 1.59. The van der Waals surface area contributed by atoms with Gasteiger partial charge in [-0.25, -0.2) is 9.59 Å². The van der Waals surface area contributed by atoms with Gasteiger partial charge in [-0.2, -0.15) is 9.97 Å². The van der Waals surface area contributed by atoms with Crippen LogP contribution < -0.4 is 5.69 Å². The first-order chi connectivity index (χ1) is 10.0. The monoisotopic (exact) mass is 310 g/mol. The maximum Gasteiger partial charge on any atom is 0.346 e. The van der Waals surface area contributed by atoms with Gasteiger partial charge in [-0.05, 0) is 13.3 Å². The van der Waals surface area contributed by atoms with Gasteiger partial charge in [0.25, 0.3) is 0 Å². The van der Waals surface area contributed by atoms with Crippen LogP contribution in [0.4, 0.5) is 0 Å². The zero-order valence-corrected chi connectivity index (χ0v) is 12.4. The first-order valence-corrected chi connectivity index (χ1v) is 7.28. The van der Waals surface area contributed by atoms with E-state index in [-0.39, 0.29) is 22.0 Å². The molecule has 0 fully saturated rings. The summed E-state index contributed by atoms with van der Waals surface area (Å²) in [5, 5.41) is 13.1. The van der Waals surface area contributed by atoms with Crippen molar-refractivity contribution in [2.24, 2.45) is 0 Å². The molecule has 9 heteroatoms. The summed E-state index contributed by atoms with van der Waals surface area (Å²) in [6.45, 7) is 3.52. The third kappa shape index (κ3) is 3.69. The van der Waals surface area contributed by atoms with Gasteiger partial charge in [-0.15, -0.1) is 0 Å². The summed E-state index contributed by atoms with van der Waals surface area (Å²) in [7, 11) is 0. The first-order valence-electron chi connectivity index (χ1n) is 6.29. The summed E-state index contributed by atoms with van der Waals surface area (Å²) in [5.74, 6) is 0.128. The summed E-state index contributed by atoms with van der Waals surface area (Å²) < 4.78 is 5.04. The number of hydrogen-bond acceptors (Lipinski definition) is 7. The van der Waals surface area contributed by atoms with Gasteiger partial charge in [0.2, 0.25) is 5.89 Å². The van der Waals surface area contributed by atoms with Crippen molar-refractivity contribution in [3.8, 4) is 0 Å². The van der Waals surface area contributed by atoms with Gasteiger partial charge < -0.3 is 14.6 Å². The molecule has 2 N–H and O–H groups in total. The van der Waals surface area contributed by atoms with Gasteiger partial charge >= 0.3 is 11.7 Å². The van der Waals surface area contributed by atoms with Crippen LogP contribution in [0.1, 0.15) is 41.1 Å². The minimum atomic E-state index is -1.14. The number of aromatic carboxylic acids is 1. The Morgan fingerprint density at radius 3 is 2.86 bits per heavy atom. The number of carboxylic acids is 1. The molecule has 112 valence electrons. The number of carbonyl (C=O) groups is 1. The predicted molar refractivity (Wildman–Crippen MR) is 74.4 cm³/mol. The van der Waals surface area contributed by atoms with E-state index in [1.165, 1.54) is 6.92 Å². The molecule has 0 unspecified atom stereocenters. The van der Waals surface area contributed by atoms with Crippen LogP contribution in [0.3, 0.4) is 0 Å². The maximum atomic E-state index is 11.4. The summed E-state index contributed by atoms with van der Waals surface area (Å²) in [6, 6.07) is 0. The zero-order valence-electron chi connectivity index (χ0n) is 11.5. The van der Waals surface area contributed by atoms with Crippen molar-refractivity contribution in [1.82, 2.24) is 20.1 Å². The van der Waals surface area contributed by atoms with Crippen molar-refractivity contribution in [1.29, 1.82) is 0 Å². The summed E-state index contributed by atoms with van der Waals surface area (Å²) in [5.41, 5.74) is -0.332. The number of aryl methyl sites for hydroxylation is 2. The SMILES string of the molecule is CCCc1nc(CSc2nc(=O)[nH]c(C)c2C(=O)O)no1. The Morgan fingerprint density at radius 2 is 2.19 bits per heavy atom. The van der Waals surface area contributed by atoms with E-state index >= 15 is 0 Å². The van der Waals surface area contributed by atoms with Crippen LogP contribution >= 0.6 is 11.8 Å². The number of carboxylic acid groups (broad SMARTS) is 1. The fraction of sp³-hybridized carbons (Fsp3) is 0.417. The number of thioether (sulfide) groups is 1. The highest BCUT2D eigenvalue weighted by atomic mass is 32.2. The second-order valence-electron chi connectivity index (χ2n) is 4.30. The lowest BCUT2D eigenvalue weighted by Crippen LogP contribution is -2.18. The minimum absolute atomic E-state index is 0.0168. The van der Waals surface area contributed by atoms with E-state index in [1.54, 1.807) is 0 Å². The number of hydrogen-bond donors (Lipinski definition) is 2. The number of H-pyrrole nitrogens is 1. The number of nitrogens with zero attached hydrogens (tertiary/aromatic N) is 3. The molecule has 0 aliphatic carbocycles. The highest BCUT2D eigenvalue weighted by Gasteiger charge is 2.18. The zero-order chi connectivity index (χ0) is 15.4. The summed E-state index contributed by atoms with van der Waals surface area (Å²) >= 11 is 1.09. The normalized spacial score (nSPS) is 10.8. The third-order valence-corrected chi connectivity index (χ3v) is 3.58. The van der Waals surface area contributed by atoms with Crippen LogP contribution in [0.2, 0.25) is 0 Å². The van der Waals surface area contributed by atoms with E-state index in [9.17, 15) is 14.7 Å². The molecule has 0 aliphatic rings. The second kappa shape index (κ2) is 6.53. The quantitative estimate of drug-likeness (QED) is 0.606. The molecule has 2 aromatic heterocycles. The van der Waals surface area contributed by atoms with Gasteiger partial charge in [-0.3, -0.25) is 0 Å². The van der Waals surface area contributed by atoms with Crippen LogP contribution in [-0.4, -0.2) is 31.2 Å². The second-order valence-corrected chi connectivity index (χ2v) is 5.26. The summed E-state index contributed by atoms with van der Waals surface area (Å²) in [4.78, 5) is 32.8. The molecule has 2 aromatic rings. The number of aromatic amines is 1. The van der Waals surface area contributed by atoms with Crippen molar-refractivity contribution in [3.63, 3.8) is 0 Å². The van der Waals surface area contributed by atoms with E-state index < -0.39 is 11.7 Å². The number of aromatic nitrogens is 4. The molecular weight excluding hydrogens is 296 g/mol. The van der Waals surface area contributed by atoms with Crippen molar-refractivity contribution in [3.05, 3.63) is 33.5 Å². The Bertz CT molecular complexity index is 710. The van der Waals surface area contributed by atoms with Crippen LogP contribution in [-0.2, 0) is 12.2 Å². The van der Waals surface area contributed by atoms with Crippen molar-refractivity contribution >= 4 is 17.7 Å². The van der Waals surface area contributed by atoms with E-state index in [2.05, 4.69) is 20.1 Å². The van der Waals surface area contributed by atoms with E-state index in [0.29, 0.717) is 18.1 Å². The highest BCUT2D eigenvalue weighted by molar-refractivity contribution is 7.98. The van der Waals surface area contributed by atoms with E-state index in [1.807, 2.05) is 6.92 Å². The molecule has 0 spiro atoms. The van der Waals surface area contributed by atoms with Crippen LogP contribution in [0.25, 0.3) is 0 Å². The molecule has 0 bridgehead atoms. The van der Waals surface area contributed by atoms with Gasteiger partial charge in [0.05, 0.1) is 5.75 Å². The van der Waals surface area contributed by atoms with Gasteiger partial charge in [0.15, 0.2) is 5.82 Å². The van der Waals surface area contributed by atoms with Crippen molar-refractivity contribution in [2.75, 3.05) is 0 Å².